The summed E-state index contributed by atoms with van der Waals surface area (Å²) >= 11 is 0. The Morgan fingerprint density at radius 1 is 0.889 bits per heavy atom. The van der Waals surface area contributed by atoms with Crippen LogP contribution in [0.1, 0.15) is 77.6 Å². The first kappa shape index (κ1) is 14.5. The lowest BCUT2D eigenvalue weighted by Crippen LogP contribution is -2.17. The second-order valence-electron chi connectivity index (χ2n) is 6.06. The van der Waals surface area contributed by atoms with E-state index in [1.807, 2.05) is 0 Å². The molecule has 0 amide bonds. The fourth-order valence-corrected chi connectivity index (χ4v) is 5.56. The van der Waals surface area contributed by atoms with Crippen LogP contribution in [0.25, 0.3) is 0 Å². The summed E-state index contributed by atoms with van der Waals surface area (Å²) in [6.07, 6.45) is 18.0. The molecular formula is C15H26NP2. The highest BCUT2D eigenvalue weighted by atomic mass is 31.7. The van der Waals surface area contributed by atoms with Gasteiger partial charge in [0.05, 0.1) is 8.02 Å². The molecule has 18 heavy (non-hydrogen) atoms. The van der Waals surface area contributed by atoms with Crippen LogP contribution in [0.3, 0.4) is 0 Å². The van der Waals surface area contributed by atoms with Gasteiger partial charge in [0.25, 0.3) is 0 Å². The van der Waals surface area contributed by atoms with Crippen LogP contribution in [-0.4, -0.2) is 0 Å². The topological polar surface area (TPSA) is 14.1 Å². The molecule has 0 aromatic carbocycles. The van der Waals surface area contributed by atoms with E-state index in [0.29, 0.717) is 5.41 Å². The van der Waals surface area contributed by atoms with Gasteiger partial charge in [0, 0.05) is 11.5 Å². The Morgan fingerprint density at radius 3 is 1.83 bits per heavy atom. The molecule has 0 atom stereocenters. The van der Waals surface area contributed by atoms with Gasteiger partial charge in [-0.3, -0.25) is 0 Å². The van der Waals surface area contributed by atoms with Crippen molar-refractivity contribution in [2.75, 3.05) is 0 Å². The van der Waals surface area contributed by atoms with E-state index >= 15 is 0 Å². The van der Waals surface area contributed by atoms with Gasteiger partial charge in [-0.25, -0.2) is 5.09 Å². The minimum absolute atomic E-state index is 0.452. The quantitative estimate of drug-likeness (QED) is 0.489. The van der Waals surface area contributed by atoms with Crippen LogP contribution >= 0.6 is 15.9 Å². The molecule has 2 aliphatic rings. The molecule has 1 fully saturated rings. The third-order valence-corrected chi connectivity index (χ3v) is 6.86. The van der Waals surface area contributed by atoms with Crippen molar-refractivity contribution in [3.63, 3.8) is 0 Å². The molecule has 0 spiro atoms. The van der Waals surface area contributed by atoms with Crippen molar-refractivity contribution in [2.45, 2.75) is 77.6 Å². The van der Waals surface area contributed by atoms with Crippen molar-refractivity contribution in [3.05, 3.63) is 11.5 Å². The molecule has 0 saturated heterocycles. The van der Waals surface area contributed by atoms with Gasteiger partial charge >= 0.3 is 0 Å². The first-order valence-electron chi connectivity index (χ1n) is 7.63. The minimum atomic E-state index is 0.452. The average Bonchev–Trinajstić information content (AvgIpc) is 2.88. The summed E-state index contributed by atoms with van der Waals surface area (Å²) in [5.74, 6) is 0. The zero-order valence-corrected chi connectivity index (χ0v) is 13.5. The summed E-state index contributed by atoms with van der Waals surface area (Å²) in [6.45, 7) is 2.49. The second kappa shape index (κ2) is 7.66. The molecular weight excluding hydrogens is 256 g/mol. The van der Waals surface area contributed by atoms with Gasteiger partial charge in [-0.1, -0.05) is 64.7 Å². The molecule has 0 unspecified atom stereocenters. The zero-order valence-electron chi connectivity index (χ0n) is 11.7. The highest BCUT2D eigenvalue weighted by Crippen LogP contribution is 2.48. The number of hydrogen-bond donors (Lipinski definition) is 0. The van der Waals surface area contributed by atoms with Crippen LogP contribution < -0.4 is 5.09 Å². The second-order valence-corrected chi connectivity index (χ2v) is 8.29. The van der Waals surface area contributed by atoms with Crippen molar-refractivity contribution in [1.82, 2.24) is 5.09 Å². The number of nitrogens with zero attached hydrogens (tertiary/aromatic N) is 1. The Hall–Kier alpha value is 0.140. The zero-order chi connectivity index (χ0) is 12.7. The molecule has 0 aromatic heterocycles. The monoisotopic (exact) mass is 282 g/mol. The van der Waals surface area contributed by atoms with Crippen LogP contribution in [0, 0.1) is 5.41 Å². The molecule has 1 aliphatic carbocycles. The summed E-state index contributed by atoms with van der Waals surface area (Å²) in [7, 11) is 2.70. The lowest BCUT2D eigenvalue weighted by atomic mass is 9.79. The molecule has 0 N–H and O–H groups in total. The summed E-state index contributed by atoms with van der Waals surface area (Å²) in [5, 5.41) is 6.02. The fraction of sp³-hybridized carbons (Fsp3) is 0.867. The largest absolute Gasteiger partial charge is 0.230 e. The molecule has 3 heteroatoms. The maximum Gasteiger partial charge on any atom is 0.0696 e. The molecule has 1 aliphatic heterocycles. The normalized spacial score (nSPS) is 27.5. The molecule has 1 heterocycles. The molecule has 101 valence electrons. The SMILES string of the molecule is CC1(C2=C[N]P=P2)CCCCCCCCCCC1. The molecule has 1 nitrogen and oxygen atoms in total. The van der Waals surface area contributed by atoms with Crippen LogP contribution in [0.2, 0.25) is 0 Å². The number of rotatable bonds is 1. The van der Waals surface area contributed by atoms with E-state index in [9.17, 15) is 0 Å². The Balaban J connectivity index is 1.94. The van der Waals surface area contributed by atoms with E-state index in [1.165, 1.54) is 86.5 Å². The summed E-state index contributed by atoms with van der Waals surface area (Å²) in [4.78, 5) is 0. The van der Waals surface area contributed by atoms with Gasteiger partial charge in [0.1, 0.15) is 0 Å². The predicted octanol–water partition coefficient (Wildman–Crippen LogP) is 6.48. The van der Waals surface area contributed by atoms with E-state index in [4.69, 9.17) is 0 Å². The number of allylic oxidation sites excluding steroid dienone is 1. The van der Waals surface area contributed by atoms with Crippen LogP contribution in [0.5, 0.6) is 0 Å². The van der Waals surface area contributed by atoms with E-state index in [2.05, 4.69) is 18.2 Å². The molecule has 1 saturated carbocycles. The van der Waals surface area contributed by atoms with Crippen molar-refractivity contribution in [2.24, 2.45) is 5.41 Å². The van der Waals surface area contributed by atoms with Crippen LogP contribution in [0.4, 0.5) is 0 Å². The lowest BCUT2D eigenvalue weighted by Gasteiger charge is -2.30. The van der Waals surface area contributed by atoms with Crippen molar-refractivity contribution in [3.8, 4) is 0 Å². The maximum absolute atomic E-state index is 4.41. The smallest absolute Gasteiger partial charge is 0.0696 e. The Morgan fingerprint density at radius 2 is 1.39 bits per heavy atom. The summed E-state index contributed by atoms with van der Waals surface area (Å²) in [6, 6.07) is 0. The van der Waals surface area contributed by atoms with Gasteiger partial charge < -0.3 is 0 Å². The van der Waals surface area contributed by atoms with Gasteiger partial charge in [-0.05, 0) is 26.1 Å². The van der Waals surface area contributed by atoms with E-state index < -0.39 is 0 Å². The summed E-state index contributed by atoms with van der Waals surface area (Å²) < 4.78 is 0. The Bertz CT molecular complexity index is 298. The third kappa shape index (κ3) is 4.36. The average molecular weight is 282 g/mol. The van der Waals surface area contributed by atoms with Crippen molar-refractivity contribution < 1.29 is 0 Å². The van der Waals surface area contributed by atoms with Gasteiger partial charge in [-0.2, -0.15) is 0 Å². The highest BCUT2D eigenvalue weighted by molar-refractivity contribution is 7.85. The van der Waals surface area contributed by atoms with Crippen LogP contribution in [-0.2, 0) is 0 Å². The Kier molecular flexibility index (Phi) is 6.19. The summed E-state index contributed by atoms with van der Waals surface area (Å²) in [5.41, 5.74) is 0.452. The van der Waals surface area contributed by atoms with Crippen LogP contribution in [0.15, 0.2) is 11.5 Å². The van der Waals surface area contributed by atoms with E-state index in [-0.39, 0.29) is 0 Å². The number of hydrogen-bond acceptors (Lipinski definition) is 0. The third-order valence-electron chi connectivity index (χ3n) is 4.46. The van der Waals surface area contributed by atoms with Gasteiger partial charge in [0.2, 0.25) is 0 Å². The fourth-order valence-electron chi connectivity index (χ4n) is 3.11. The van der Waals surface area contributed by atoms with Gasteiger partial charge in [0.15, 0.2) is 0 Å². The Labute approximate surface area is 116 Å². The highest BCUT2D eigenvalue weighted by Gasteiger charge is 2.29. The lowest BCUT2D eigenvalue weighted by molar-refractivity contribution is 0.316. The molecule has 0 bridgehead atoms. The molecule has 0 aromatic rings. The minimum Gasteiger partial charge on any atom is -0.230 e. The van der Waals surface area contributed by atoms with Gasteiger partial charge in [-0.15, -0.1) is 0 Å². The molecule has 1 radical (unpaired) electrons. The van der Waals surface area contributed by atoms with E-state index in [1.54, 1.807) is 5.31 Å². The first-order chi connectivity index (χ1) is 8.81. The maximum atomic E-state index is 4.41. The van der Waals surface area contributed by atoms with Crippen molar-refractivity contribution in [1.29, 1.82) is 0 Å². The molecule has 2 rings (SSSR count). The predicted molar refractivity (Wildman–Crippen MR) is 83.0 cm³/mol. The van der Waals surface area contributed by atoms with Crippen molar-refractivity contribution >= 4 is 15.9 Å². The van der Waals surface area contributed by atoms with E-state index in [0.717, 1.165) is 0 Å². The first-order valence-corrected chi connectivity index (χ1v) is 10.1. The standard InChI is InChI=1S/C15H26NP2/c1-15(14-13-16-18-17-14)11-9-7-5-3-2-4-6-8-10-12-15/h13H,2-12H2,1H3.